The first-order valence-corrected chi connectivity index (χ1v) is 12.1. The van der Waals surface area contributed by atoms with E-state index in [0.717, 1.165) is 11.8 Å². The van der Waals surface area contributed by atoms with E-state index in [-0.39, 0.29) is 39.9 Å². The van der Waals surface area contributed by atoms with Gasteiger partial charge in [-0.25, -0.2) is 4.98 Å². The maximum atomic E-state index is 12.6. The van der Waals surface area contributed by atoms with E-state index in [1.165, 1.54) is 24.7 Å². The minimum atomic E-state index is -1.03. The number of H-pyrrole nitrogens is 1. The highest BCUT2D eigenvalue weighted by molar-refractivity contribution is 8.22. The predicted octanol–water partition coefficient (Wildman–Crippen LogP) is 1.14. The average molecular weight is 528 g/mol. The first-order valence-electron chi connectivity index (χ1n) is 10.5. The predicted molar refractivity (Wildman–Crippen MR) is 129 cm³/mol. The summed E-state index contributed by atoms with van der Waals surface area (Å²) in [5, 5.41) is 2.54. The molecule has 1 aliphatic rings. The van der Waals surface area contributed by atoms with Gasteiger partial charge in [0.2, 0.25) is 16.2 Å². The number of nitrogens with one attached hydrogen (secondary N) is 2. The summed E-state index contributed by atoms with van der Waals surface area (Å²) in [6, 6.07) is 0. The summed E-state index contributed by atoms with van der Waals surface area (Å²) in [7, 11) is 0. The molecule has 1 saturated heterocycles. The molecule has 35 heavy (non-hydrogen) atoms. The summed E-state index contributed by atoms with van der Waals surface area (Å²) in [6.07, 6.45) is -0.932. The Balaban J connectivity index is 2.07. The van der Waals surface area contributed by atoms with Gasteiger partial charge in [0.1, 0.15) is 12.7 Å². The lowest BCUT2D eigenvalue weighted by atomic mass is 10.1. The number of thiocarbonyl (C=S) groups is 1. The van der Waals surface area contributed by atoms with Crippen molar-refractivity contribution in [3.8, 4) is 0 Å². The van der Waals surface area contributed by atoms with Crippen LogP contribution in [0.1, 0.15) is 33.9 Å². The molecule has 1 aliphatic heterocycles. The lowest BCUT2D eigenvalue weighted by Crippen LogP contribution is -2.40. The van der Waals surface area contributed by atoms with Crippen molar-refractivity contribution in [2.45, 2.75) is 52.2 Å². The van der Waals surface area contributed by atoms with Crippen LogP contribution in [-0.2, 0) is 33.3 Å². The van der Waals surface area contributed by atoms with Gasteiger partial charge in [-0.1, -0.05) is 25.6 Å². The molecule has 15 heteroatoms. The van der Waals surface area contributed by atoms with Crippen LogP contribution in [0, 0.1) is 5.92 Å². The Hall–Kier alpha value is -3.04. The van der Waals surface area contributed by atoms with Crippen LogP contribution in [-0.4, -0.2) is 72.9 Å². The molecule has 2 aromatic heterocycles. The molecule has 0 aromatic carbocycles. The number of rotatable bonds is 7. The van der Waals surface area contributed by atoms with Crippen LogP contribution in [0.15, 0.2) is 11.1 Å². The molecule has 190 valence electrons. The third-order valence-corrected chi connectivity index (χ3v) is 5.94. The van der Waals surface area contributed by atoms with E-state index in [9.17, 15) is 19.2 Å². The molecule has 4 atom stereocenters. The lowest BCUT2D eigenvalue weighted by molar-refractivity contribution is -0.157. The zero-order valence-corrected chi connectivity index (χ0v) is 21.2. The zero-order valence-electron chi connectivity index (χ0n) is 19.6. The van der Waals surface area contributed by atoms with Crippen molar-refractivity contribution in [3.05, 3.63) is 16.7 Å². The summed E-state index contributed by atoms with van der Waals surface area (Å²) in [4.78, 5) is 58.9. The molecule has 0 unspecified atom stereocenters. The first kappa shape index (κ1) is 26.6. The fourth-order valence-electron chi connectivity index (χ4n) is 3.32. The van der Waals surface area contributed by atoms with Crippen molar-refractivity contribution in [2.75, 3.05) is 18.2 Å². The molecular weight excluding hydrogens is 502 g/mol. The van der Waals surface area contributed by atoms with Crippen LogP contribution >= 0.6 is 24.0 Å². The van der Waals surface area contributed by atoms with Crippen molar-refractivity contribution in [2.24, 2.45) is 5.92 Å². The van der Waals surface area contributed by atoms with Crippen LogP contribution in [0.25, 0.3) is 11.2 Å². The highest BCUT2D eigenvalue weighted by atomic mass is 32.2. The molecular formula is C20H25N5O8S2. The van der Waals surface area contributed by atoms with Gasteiger partial charge in [0, 0.05) is 19.8 Å². The van der Waals surface area contributed by atoms with Gasteiger partial charge >= 0.3 is 11.9 Å². The fraction of sp³-hybridized carbons (Fsp3) is 0.550. The number of anilines is 1. The molecule has 2 N–H and O–H groups in total. The Kier molecular flexibility index (Phi) is 8.45. The largest absolute Gasteiger partial charge is 0.466 e. The number of aromatic nitrogens is 4. The SMILES string of the molecule is CSC(=S)O[C@@H]1[C@H](OC(C)=O)[C@@H](COC(C)=O)O[C@H]1n1cnc2c(=O)[nH]c(NC(=O)C(C)C)nc21. The maximum absolute atomic E-state index is 12.6. The number of nitrogens with zero attached hydrogens (tertiary/aromatic N) is 3. The zero-order chi connectivity index (χ0) is 25.9. The summed E-state index contributed by atoms with van der Waals surface area (Å²) in [6.45, 7) is 5.61. The van der Waals surface area contributed by atoms with E-state index in [1.54, 1.807) is 20.1 Å². The van der Waals surface area contributed by atoms with E-state index >= 15 is 0 Å². The number of carbonyl (C=O) groups excluding carboxylic acids is 3. The van der Waals surface area contributed by atoms with Crippen molar-refractivity contribution in [1.82, 2.24) is 19.5 Å². The summed E-state index contributed by atoms with van der Waals surface area (Å²) in [5.41, 5.74) is -0.526. The molecule has 13 nitrogen and oxygen atoms in total. The van der Waals surface area contributed by atoms with E-state index in [0.29, 0.717) is 0 Å². The molecule has 3 heterocycles. The maximum Gasteiger partial charge on any atom is 0.303 e. The second kappa shape index (κ2) is 11.1. The molecule has 0 radical (unpaired) electrons. The van der Waals surface area contributed by atoms with Crippen molar-refractivity contribution in [1.29, 1.82) is 0 Å². The van der Waals surface area contributed by atoms with Crippen molar-refractivity contribution < 1.29 is 33.3 Å². The quantitative estimate of drug-likeness (QED) is 0.390. The van der Waals surface area contributed by atoms with Gasteiger partial charge in [-0.3, -0.25) is 34.0 Å². The van der Waals surface area contributed by atoms with E-state index < -0.39 is 42.0 Å². The minimum absolute atomic E-state index is 0.0187. The number of thioether (sulfide) groups is 1. The Labute approximate surface area is 209 Å². The monoisotopic (exact) mass is 527 g/mol. The Morgan fingerprint density at radius 3 is 2.57 bits per heavy atom. The van der Waals surface area contributed by atoms with Crippen molar-refractivity contribution >= 4 is 63.3 Å². The number of hydrogen-bond acceptors (Lipinski definition) is 12. The average Bonchev–Trinajstić information content (AvgIpc) is 3.33. The topological polar surface area (TPSA) is 164 Å². The Morgan fingerprint density at radius 1 is 1.26 bits per heavy atom. The van der Waals surface area contributed by atoms with Crippen LogP contribution in [0.5, 0.6) is 0 Å². The number of imidazole rings is 1. The number of ether oxygens (including phenoxy) is 4. The van der Waals surface area contributed by atoms with E-state index in [1.807, 2.05) is 0 Å². The van der Waals surface area contributed by atoms with Crippen LogP contribution in [0.4, 0.5) is 5.95 Å². The molecule has 0 aliphatic carbocycles. The van der Waals surface area contributed by atoms with Crippen molar-refractivity contribution in [3.63, 3.8) is 0 Å². The number of aromatic amines is 1. The van der Waals surface area contributed by atoms with Gasteiger partial charge in [-0.2, -0.15) is 4.98 Å². The van der Waals surface area contributed by atoms with Gasteiger partial charge in [0.15, 0.2) is 29.6 Å². The third kappa shape index (κ3) is 6.15. The summed E-state index contributed by atoms with van der Waals surface area (Å²) >= 11 is 6.37. The normalized spacial score (nSPS) is 21.7. The molecule has 1 amide bonds. The number of esters is 2. The highest BCUT2D eigenvalue weighted by Crippen LogP contribution is 2.36. The number of fused-ring (bicyclic) bond motifs is 1. The summed E-state index contributed by atoms with van der Waals surface area (Å²) < 4.78 is 24.0. The molecule has 3 rings (SSSR count). The first-order chi connectivity index (χ1) is 16.5. The van der Waals surface area contributed by atoms with E-state index in [4.69, 9.17) is 31.2 Å². The van der Waals surface area contributed by atoms with Crippen LogP contribution < -0.4 is 10.9 Å². The highest BCUT2D eigenvalue weighted by Gasteiger charge is 2.51. The van der Waals surface area contributed by atoms with Crippen LogP contribution in [0.2, 0.25) is 0 Å². The number of amides is 1. The van der Waals surface area contributed by atoms with Gasteiger partial charge < -0.3 is 18.9 Å². The Bertz CT molecular complexity index is 1200. The van der Waals surface area contributed by atoms with Gasteiger partial charge in [0.25, 0.3) is 5.56 Å². The molecule has 0 spiro atoms. The van der Waals surface area contributed by atoms with Gasteiger partial charge in [-0.05, 0) is 18.5 Å². The second-order valence-electron chi connectivity index (χ2n) is 7.86. The molecule has 2 aromatic rings. The standard InChI is InChI=1S/C20H25N5O8S2/c1-8(2)16(28)23-19-22-15-12(17(29)24-19)21-7-25(15)18-14(33-20(34)35-5)13(31-10(4)27)11(32-18)6-30-9(3)26/h7-8,11,13-14,18H,6H2,1-5H3,(H2,22,23,24,28,29)/t11-,13-,14-,18-/m1/s1. The lowest BCUT2D eigenvalue weighted by Gasteiger charge is -2.24. The van der Waals surface area contributed by atoms with Gasteiger partial charge in [-0.15, -0.1) is 0 Å². The summed E-state index contributed by atoms with van der Waals surface area (Å²) in [5.74, 6) is -1.94. The number of hydrogen-bond donors (Lipinski definition) is 2. The molecule has 0 saturated carbocycles. The van der Waals surface area contributed by atoms with E-state index in [2.05, 4.69) is 20.3 Å². The minimum Gasteiger partial charge on any atom is -0.466 e. The second-order valence-corrected chi connectivity index (χ2v) is 9.27. The Morgan fingerprint density at radius 2 is 1.97 bits per heavy atom. The van der Waals surface area contributed by atoms with Crippen LogP contribution in [0.3, 0.4) is 0 Å². The fourth-order valence-corrected chi connectivity index (χ4v) is 3.64. The number of carbonyl (C=O) groups is 3. The molecule has 0 bridgehead atoms. The van der Waals surface area contributed by atoms with Gasteiger partial charge in [0.05, 0.1) is 6.33 Å². The molecule has 1 fully saturated rings. The smallest absolute Gasteiger partial charge is 0.303 e. The third-order valence-electron chi connectivity index (χ3n) is 4.91.